The lowest BCUT2D eigenvalue weighted by atomic mass is 10.4. The van der Waals surface area contributed by atoms with E-state index in [1.165, 1.54) is 11.3 Å². The summed E-state index contributed by atoms with van der Waals surface area (Å²) in [6.07, 6.45) is 7.74. The van der Waals surface area contributed by atoms with E-state index in [1.807, 2.05) is 37.3 Å². The Morgan fingerprint density at radius 3 is 2.75 bits per heavy atom. The molecule has 0 fully saturated rings. The smallest absolute Gasteiger partial charge is 0.169 e. The van der Waals surface area contributed by atoms with E-state index in [0.717, 1.165) is 14.0 Å². The van der Waals surface area contributed by atoms with Gasteiger partial charge in [0.1, 0.15) is 0 Å². The van der Waals surface area contributed by atoms with Crippen molar-refractivity contribution in [3.05, 3.63) is 52.8 Å². The molecule has 0 aliphatic rings. The van der Waals surface area contributed by atoms with E-state index in [1.54, 1.807) is 24.8 Å². The zero-order valence-electron chi connectivity index (χ0n) is 9.40. The summed E-state index contributed by atoms with van der Waals surface area (Å²) in [4.78, 5) is 13.1. The predicted octanol–water partition coefficient (Wildman–Crippen LogP) is 4.69. The predicted molar refractivity (Wildman–Crippen MR) is 73.3 cm³/mol. The van der Waals surface area contributed by atoms with Gasteiger partial charge in [-0.3, -0.25) is 4.79 Å². The van der Waals surface area contributed by atoms with E-state index in [4.69, 9.17) is 0 Å². The minimum atomic E-state index is 0.122. The van der Waals surface area contributed by atoms with Crippen LogP contribution >= 0.6 is 23.1 Å². The molecule has 0 amide bonds. The fourth-order valence-electron chi connectivity index (χ4n) is 1.08. The first-order valence-electron chi connectivity index (χ1n) is 4.91. The molecule has 0 atom stereocenters. The largest absolute Gasteiger partial charge is 0.294 e. The van der Waals surface area contributed by atoms with Crippen molar-refractivity contribution >= 4 is 28.9 Å². The van der Waals surface area contributed by atoms with E-state index < -0.39 is 0 Å². The molecule has 0 bridgehead atoms. The van der Waals surface area contributed by atoms with Gasteiger partial charge in [0.25, 0.3) is 0 Å². The topological polar surface area (TPSA) is 17.1 Å². The van der Waals surface area contributed by atoms with Gasteiger partial charge in [0.05, 0.1) is 9.09 Å². The Morgan fingerprint density at radius 2 is 2.25 bits per heavy atom. The molecule has 0 N–H and O–H groups in total. The summed E-state index contributed by atoms with van der Waals surface area (Å²) in [5.74, 6) is 0.122. The minimum absolute atomic E-state index is 0.122. The van der Waals surface area contributed by atoms with Crippen LogP contribution in [0.5, 0.6) is 0 Å². The molecule has 0 aliphatic carbocycles. The summed E-state index contributed by atoms with van der Waals surface area (Å²) < 4.78 is 1.12. The van der Waals surface area contributed by atoms with Crippen molar-refractivity contribution < 1.29 is 4.79 Å². The molecule has 0 aromatic carbocycles. The fraction of sp³-hybridized carbons (Fsp3) is 0.154. The normalized spacial score (nSPS) is 12.0. The summed E-state index contributed by atoms with van der Waals surface area (Å²) in [6, 6.07) is 3.85. The Labute approximate surface area is 105 Å². The fourth-order valence-corrected chi connectivity index (χ4v) is 3.18. The molecule has 1 nitrogen and oxygen atoms in total. The van der Waals surface area contributed by atoms with Gasteiger partial charge < -0.3 is 0 Å². The monoisotopic (exact) mass is 250 g/mol. The van der Waals surface area contributed by atoms with Crippen molar-refractivity contribution in [2.45, 2.75) is 18.1 Å². The molecule has 1 heterocycles. The second-order valence-corrected chi connectivity index (χ2v) is 5.54. The number of allylic oxidation sites excluding steroid dienone is 4. The van der Waals surface area contributed by atoms with Gasteiger partial charge in [0.2, 0.25) is 0 Å². The van der Waals surface area contributed by atoms with E-state index in [9.17, 15) is 4.79 Å². The molecule has 1 rings (SSSR count). The second-order valence-electron chi connectivity index (χ2n) is 3.08. The SMILES string of the molecule is C=C/C=C(\C=C/C)Sc1ccc(C(C)=O)s1. The zero-order chi connectivity index (χ0) is 12.0. The minimum Gasteiger partial charge on any atom is -0.294 e. The average Bonchev–Trinajstić information content (AvgIpc) is 2.67. The van der Waals surface area contributed by atoms with Crippen molar-refractivity contribution in [3.63, 3.8) is 0 Å². The summed E-state index contributed by atoms with van der Waals surface area (Å²) in [5, 5.41) is 0. The van der Waals surface area contributed by atoms with E-state index in [0.29, 0.717) is 0 Å². The summed E-state index contributed by atoms with van der Waals surface area (Å²) in [7, 11) is 0. The maximum Gasteiger partial charge on any atom is 0.169 e. The van der Waals surface area contributed by atoms with Crippen molar-refractivity contribution in [2.24, 2.45) is 0 Å². The molecule has 1 aromatic heterocycles. The molecule has 0 unspecified atom stereocenters. The first kappa shape index (κ1) is 13.0. The number of thiophene rings is 1. The molecule has 16 heavy (non-hydrogen) atoms. The third-order valence-electron chi connectivity index (χ3n) is 1.76. The van der Waals surface area contributed by atoms with Crippen LogP contribution < -0.4 is 0 Å². The Balaban J connectivity index is 2.81. The third kappa shape index (κ3) is 3.83. The standard InChI is InChI=1S/C13H14OS2/c1-4-6-11(7-5-2)15-13-9-8-12(16-13)10(3)14/h4-9H,1H2,2-3H3/b7-5-,11-6+. The van der Waals surface area contributed by atoms with Gasteiger partial charge in [-0.15, -0.1) is 11.3 Å². The maximum absolute atomic E-state index is 11.2. The number of carbonyl (C=O) groups is 1. The van der Waals surface area contributed by atoms with Gasteiger partial charge in [-0.25, -0.2) is 0 Å². The van der Waals surface area contributed by atoms with Crippen molar-refractivity contribution in [2.75, 3.05) is 0 Å². The highest BCUT2D eigenvalue weighted by Crippen LogP contribution is 2.33. The molecule has 0 radical (unpaired) electrons. The van der Waals surface area contributed by atoms with Crippen LogP contribution in [-0.2, 0) is 0 Å². The number of thioether (sulfide) groups is 1. The first-order chi connectivity index (χ1) is 7.67. The Morgan fingerprint density at radius 1 is 1.50 bits per heavy atom. The highest BCUT2D eigenvalue weighted by molar-refractivity contribution is 8.05. The van der Waals surface area contributed by atoms with Gasteiger partial charge in [-0.2, -0.15) is 0 Å². The molecule has 0 spiro atoms. The van der Waals surface area contributed by atoms with Crippen molar-refractivity contribution in [1.82, 2.24) is 0 Å². The highest BCUT2D eigenvalue weighted by Gasteiger charge is 2.05. The lowest BCUT2D eigenvalue weighted by Gasteiger charge is -1.97. The molecule has 0 saturated heterocycles. The van der Waals surface area contributed by atoms with Crippen LogP contribution in [0.15, 0.2) is 52.1 Å². The van der Waals surface area contributed by atoms with Gasteiger partial charge in [0, 0.05) is 4.91 Å². The lowest BCUT2D eigenvalue weighted by molar-refractivity contribution is 0.102. The van der Waals surface area contributed by atoms with Crippen LogP contribution in [0.3, 0.4) is 0 Å². The van der Waals surface area contributed by atoms with E-state index in [2.05, 4.69) is 6.58 Å². The molecule has 84 valence electrons. The van der Waals surface area contributed by atoms with Crippen LogP contribution in [-0.4, -0.2) is 5.78 Å². The number of Topliss-reactive ketones (excluding diaryl/α,β-unsaturated/α-hetero) is 1. The number of hydrogen-bond acceptors (Lipinski definition) is 3. The number of carbonyl (C=O) groups excluding carboxylic acids is 1. The number of ketones is 1. The van der Waals surface area contributed by atoms with E-state index >= 15 is 0 Å². The Kier molecular flexibility index (Phi) is 5.29. The molecule has 0 saturated carbocycles. The van der Waals surface area contributed by atoms with E-state index in [-0.39, 0.29) is 5.78 Å². The second kappa shape index (κ2) is 6.51. The van der Waals surface area contributed by atoms with Gasteiger partial charge in [0.15, 0.2) is 5.78 Å². The molecular weight excluding hydrogens is 236 g/mol. The van der Waals surface area contributed by atoms with Gasteiger partial charge >= 0.3 is 0 Å². The van der Waals surface area contributed by atoms with Crippen molar-refractivity contribution in [1.29, 1.82) is 0 Å². The summed E-state index contributed by atoms with van der Waals surface area (Å²) in [5.41, 5.74) is 0. The number of rotatable bonds is 5. The van der Waals surface area contributed by atoms with Crippen LogP contribution in [0.2, 0.25) is 0 Å². The zero-order valence-corrected chi connectivity index (χ0v) is 11.0. The van der Waals surface area contributed by atoms with Crippen LogP contribution in [0, 0.1) is 0 Å². The average molecular weight is 250 g/mol. The Hall–Kier alpha value is -1.06. The molecular formula is C13H14OS2. The summed E-state index contributed by atoms with van der Waals surface area (Å²) in [6.45, 7) is 7.25. The van der Waals surface area contributed by atoms with Gasteiger partial charge in [-0.1, -0.05) is 36.6 Å². The van der Waals surface area contributed by atoms with Crippen molar-refractivity contribution in [3.8, 4) is 0 Å². The summed E-state index contributed by atoms with van der Waals surface area (Å²) >= 11 is 3.17. The maximum atomic E-state index is 11.2. The first-order valence-corrected chi connectivity index (χ1v) is 6.54. The lowest BCUT2D eigenvalue weighted by Crippen LogP contribution is -1.83. The van der Waals surface area contributed by atoms with Gasteiger partial charge in [-0.05, 0) is 32.1 Å². The molecule has 1 aromatic rings. The third-order valence-corrected chi connectivity index (χ3v) is 4.09. The number of hydrogen-bond donors (Lipinski definition) is 0. The molecule has 0 aliphatic heterocycles. The Bertz CT molecular complexity index is 439. The van der Waals surface area contributed by atoms with Crippen LogP contribution in [0.4, 0.5) is 0 Å². The quantitative estimate of drug-likeness (QED) is 0.428. The van der Waals surface area contributed by atoms with Crippen LogP contribution in [0.1, 0.15) is 23.5 Å². The van der Waals surface area contributed by atoms with Crippen LogP contribution in [0.25, 0.3) is 0 Å². The molecule has 3 heteroatoms. The highest BCUT2D eigenvalue weighted by atomic mass is 32.2.